The average Bonchev–Trinajstić information content (AvgIpc) is 2.87. The van der Waals surface area contributed by atoms with Crippen molar-refractivity contribution in [2.75, 3.05) is 13.2 Å². The summed E-state index contributed by atoms with van der Waals surface area (Å²) in [6, 6.07) is 0. The first-order chi connectivity index (χ1) is 7.99. The van der Waals surface area contributed by atoms with E-state index in [2.05, 4.69) is 4.98 Å². The zero-order valence-electron chi connectivity index (χ0n) is 8.74. The fourth-order valence-corrected chi connectivity index (χ4v) is 2.57. The molecule has 1 aromatic rings. The highest BCUT2D eigenvalue weighted by Gasteiger charge is 2.51. The lowest BCUT2D eigenvalue weighted by Crippen LogP contribution is -2.42. The molecule has 7 nitrogen and oxygen atoms in total. The van der Waals surface area contributed by atoms with Gasteiger partial charge in [0.1, 0.15) is 22.9 Å². The second kappa shape index (κ2) is 4.31. The van der Waals surface area contributed by atoms with Gasteiger partial charge in [-0.15, -0.1) is 11.3 Å². The highest BCUT2D eigenvalue weighted by Crippen LogP contribution is 2.35. The predicted octanol–water partition coefficient (Wildman–Crippen LogP) is -1.82. The molecule has 3 atom stereocenters. The average molecular weight is 260 g/mol. The standard InChI is InChI=1S/C9H12N2O5S/c10-7(14)4-2-17-8(11-4)9(15)3-16-5(1-12)6(9)13/h2,5-6,12-13,15H,1,3H2,(H2,10,14)/t5-,6-,9+/m1/s1. The van der Waals surface area contributed by atoms with Crippen LogP contribution in [0.2, 0.25) is 0 Å². The van der Waals surface area contributed by atoms with Crippen LogP contribution in [0.1, 0.15) is 15.5 Å². The van der Waals surface area contributed by atoms with Crippen molar-refractivity contribution in [3.63, 3.8) is 0 Å². The number of aliphatic hydroxyl groups is 3. The van der Waals surface area contributed by atoms with E-state index >= 15 is 0 Å². The Balaban J connectivity index is 2.29. The van der Waals surface area contributed by atoms with Crippen LogP contribution in [0.25, 0.3) is 0 Å². The third-order valence-electron chi connectivity index (χ3n) is 2.67. The lowest BCUT2D eigenvalue weighted by Gasteiger charge is -2.23. The number of thiazole rings is 1. The van der Waals surface area contributed by atoms with E-state index < -0.39 is 30.3 Å². The molecular formula is C9H12N2O5S. The van der Waals surface area contributed by atoms with Gasteiger partial charge in [0.25, 0.3) is 5.91 Å². The zero-order valence-corrected chi connectivity index (χ0v) is 9.55. The van der Waals surface area contributed by atoms with Gasteiger partial charge in [-0.1, -0.05) is 0 Å². The molecule has 0 aliphatic carbocycles. The molecule has 94 valence electrons. The third-order valence-corrected chi connectivity index (χ3v) is 3.67. The molecule has 2 heterocycles. The van der Waals surface area contributed by atoms with E-state index in [0.29, 0.717) is 0 Å². The number of amides is 1. The first-order valence-electron chi connectivity index (χ1n) is 4.87. The number of nitrogens with two attached hydrogens (primary N) is 1. The van der Waals surface area contributed by atoms with E-state index in [1.54, 1.807) is 0 Å². The Kier molecular flexibility index (Phi) is 3.15. The summed E-state index contributed by atoms with van der Waals surface area (Å²) >= 11 is 1.01. The summed E-state index contributed by atoms with van der Waals surface area (Å²) in [6.07, 6.45) is -2.15. The van der Waals surface area contributed by atoms with Gasteiger partial charge in [-0.3, -0.25) is 4.79 Å². The first kappa shape index (κ1) is 12.4. The van der Waals surface area contributed by atoms with E-state index in [1.807, 2.05) is 0 Å². The highest BCUT2D eigenvalue weighted by molar-refractivity contribution is 7.10. The van der Waals surface area contributed by atoms with E-state index in [-0.39, 0.29) is 17.3 Å². The molecule has 5 N–H and O–H groups in total. The minimum absolute atomic E-state index is 0.0260. The zero-order chi connectivity index (χ0) is 12.6. The third kappa shape index (κ3) is 1.94. The maximum Gasteiger partial charge on any atom is 0.268 e. The lowest BCUT2D eigenvalue weighted by molar-refractivity contribution is -0.0597. The highest BCUT2D eigenvalue weighted by atomic mass is 32.1. The smallest absolute Gasteiger partial charge is 0.268 e. The summed E-state index contributed by atoms with van der Waals surface area (Å²) in [4.78, 5) is 14.7. The number of nitrogens with zero attached hydrogens (tertiary/aromatic N) is 1. The van der Waals surface area contributed by atoms with Crippen molar-refractivity contribution in [3.8, 4) is 0 Å². The Morgan fingerprint density at radius 3 is 2.94 bits per heavy atom. The number of carbonyl (C=O) groups is 1. The second-order valence-corrected chi connectivity index (χ2v) is 4.66. The lowest BCUT2D eigenvalue weighted by atomic mass is 9.97. The van der Waals surface area contributed by atoms with Gasteiger partial charge >= 0.3 is 0 Å². The summed E-state index contributed by atoms with van der Waals surface area (Å²) in [7, 11) is 0. The van der Waals surface area contributed by atoms with Crippen LogP contribution in [0.15, 0.2) is 5.38 Å². The predicted molar refractivity (Wildman–Crippen MR) is 57.4 cm³/mol. The summed E-state index contributed by atoms with van der Waals surface area (Å²) < 4.78 is 5.05. The van der Waals surface area contributed by atoms with Gasteiger partial charge < -0.3 is 25.8 Å². The molecule has 1 fully saturated rings. The number of primary amides is 1. The largest absolute Gasteiger partial charge is 0.394 e. The molecule has 17 heavy (non-hydrogen) atoms. The van der Waals surface area contributed by atoms with Gasteiger partial charge in [0.05, 0.1) is 13.2 Å². The van der Waals surface area contributed by atoms with Gasteiger partial charge in [0.15, 0.2) is 5.60 Å². The van der Waals surface area contributed by atoms with Crippen LogP contribution in [0, 0.1) is 0 Å². The maximum absolute atomic E-state index is 10.9. The fraction of sp³-hybridized carbons (Fsp3) is 0.556. The minimum atomic E-state index is -1.70. The second-order valence-electron chi connectivity index (χ2n) is 3.80. The summed E-state index contributed by atoms with van der Waals surface area (Å²) in [5.41, 5.74) is 3.37. The van der Waals surface area contributed by atoms with Crippen LogP contribution in [-0.2, 0) is 10.3 Å². The molecule has 1 aliphatic heterocycles. The number of aliphatic hydroxyl groups excluding tert-OH is 2. The van der Waals surface area contributed by atoms with Crippen molar-refractivity contribution >= 4 is 17.2 Å². The number of carbonyl (C=O) groups excluding carboxylic acids is 1. The van der Waals surface area contributed by atoms with Gasteiger partial charge in [-0.2, -0.15) is 0 Å². The molecule has 1 aliphatic rings. The SMILES string of the molecule is NC(=O)c1csc([C@]2(O)CO[C@H](CO)[C@H]2O)n1. The van der Waals surface area contributed by atoms with Crippen molar-refractivity contribution in [2.24, 2.45) is 5.73 Å². The molecule has 1 saturated heterocycles. The topological polar surface area (TPSA) is 126 Å². The number of aromatic nitrogens is 1. The van der Waals surface area contributed by atoms with Crippen LogP contribution in [0.5, 0.6) is 0 Å². The van der Waals surface area contributed by atoms with Crippen molar-refractivity contribution in [2.45, 2.75) is 17.8 Å². The number of hydrogen-bond donors (Lipinski definition) is 4. The molecule has 0 unspecified atom stereocenters. The summed E-state index contributed by atoms with van der Waals surface area (Å²) in [5, 5.41) is 30.5. The molecular weight excluding hydrogens is 248 g/mol. The van der Waals surface area contributed by atoms with Crippen LogP contribution in [0.3, 0.4) is 0 Å². The summed E-state index contributed by atoms with van der Waals surface area (Å²) in [5.74, 6) is -0.705. The summed E-state index contributed by atoms with van der Waals surface area (Å²) in [6.45, 7) is -0.595. The maximum atomic E-state index is 10.9. The molecule has 2 rings (SSSR count). The van der Waals surface area contributed by atoms with Gasteiger partial charge in [0, 0.05) is 5.38 Å². The van der Waals surface area contributed by atoms with Gasteiger partial charge in [-0.25, -0.2) is 4.98 Å². The molecule has 0 radical (unpaired) electrons. The molecule has 0 aromatic carbocycles. The molecule has 0 bridgehead atoms. The Labute approximate surface area is 100 Å². The van der Waals surface area contributed by atoms with E-state index in [9.17, 15) is 15.0 Å². The van der Waals surface area contributed by atoms with E-state index in [4.69, 9.17) is 15.6 Å². The molecule has 8 heteroatoms. The van der Waals surface area contributed by atoms with Crippen molar-refractivity contribution in [3.05, 3.63) is 16.1 Å². The van der Waals surface area contributed by atoms with Gasteiger partial charge in [0.2, 0.25) is 0 Å². The minimum Gasteiger partial charge on any atom is -0.394 e. The molecule has 0 saturated carbocycles. The van der Waals surface area contributed by atoms with Crippen molar-refractivity contribution < 1.29 is 24.9 Å². The van der Waals surface area contributed by atoms with Gasteiger partial charge in [-0.05, 0) is 0 Å². The normalized spacial score (nSPS) is 32.9. The number of ether oxygens (including phenoxy) is 1. The molecule has 1 amide bonds. The Hall–Kier alpha value is -1.06. The monoisotopic (exact) mass is 260 g/mol. The number of hydrogen-bond acceptors (Lipinski definition) is 7. The van der Waals surface area contributed by atoms with Crippen LogP contribution >= 0.6 is 11.3 Å². The molecule has 1 aromatic heterocycles. The van der Waals surface area contributed by atoms with Crippen molar-refractivity contribution in [1.82, 2.24) is 4.98 Å². The van der Waals surface area contributed by atoms with E-state index in [1.165, 1.54) is 5.38 Å². The quantitative estimate of drug-likeness (QED) is 0.507. The fourth-order valence-electron chi connectivity index (χ4n) is 1.64. The molecule has 0 spiro atoms. The van der Waals surface area contributed by atoms with Crippen LogP contribution in [-0.4, -0.2) is 51.6 Å². The Morgan fingerprint density at radius 2 is 2.47 bits per heavy atom. The van der Waals surface area contributed by atoms with E-state index in [0.717, 1.165) is 11.3 Å². The van der Waals surface area contributed by atoms with Crippen molar-refractivity contribution in [1.29, 1.82) is 0 Å². The van der Waals surface area contributed by atoms with Crippen LogP contribution in [0.4, 0.5) is 0 Å². The first-order valence-corrected chi connectivity index (χ1v) is 5.75. The number of rotatable bonds is 3. The van der Waals surface area contributed by atoms with Crippen LogP contribution < -0.4 is 5.73 Å². The Morgan fingerprint density at radius 1 is 1.76 bits per heavy atom. The Bertz CT molecular complexity index is 437.